The number of nitrogens with one attached hydrogen (secondary N) is 1. The van der Waals surface area contributed by atoms with E-state index >= 15 is 0 Å². The molecule has 1 fully saturated rings. The molecule has 3 rings (SSSR count). The van der Waals surface area contributed by atoms with E-state index in [9.17, 15) is 4.79 Å². The van der Waals surface area contributed by atoms with Crippen molar-refractivity contribution in [2.75, 3.05) is 13.1 Å². The molecule has 0 aromatic heterocycles. The second-order valence-electron chi connectivity index (χ2n) is 8.39. The van der Waals surface area contributed by atoms with Gasteiger partial charge < -0.3 is 14.8 Å². The van der Waals surface area contributed by atoms with Gasteiger partial charge in [-0.25, -0.2) is 4.79 Å². The van der Waals surface area contributed by atoms with E-state index < -0.39 is 5.60 Å². The zero-order chi connectivity index (χ0) is 20.9. The fraction of sp³-hybridized carbons (Fsp3) is 0.435. The molecule has 0 aliphatic carbocycles. The lowest BCUT2D eigenvalue weighted by Gasteiger charge is -2.33. The van der Waals surface area contributed by atoms with Crippen molar-refractivity contribution in [1.29, 1.82) is 0 Å². The second kappa shape index (κ2) is 9.63. The summed E-state index contributed by atoms with van der Waals surface area (Å²) in [5.74, 6) is 1.66. The van der Waals surface area contributed by atoms with Crippen LogP contribution in [-0.2, 0) is 11.3 Å². The van der Waals surface area contributed by atoms with E-state index in [-0.39, 0.29) is 12.1 Å². The van der Waals surface area contributed by atoms with Gasteiger partial charge in [-0.05, 0) is 64.4 Å². The number of amides is 1. The van der Waals surface area contributed by atoms with Crippen molar-refractivity contribution in [1.82, 2.24) is 10.2 Å². The Kier molecular flexibility index (Phi) is 7.19. The Morgan fingerprint density at radius 3 is 2.69 bits per heavy atom. The lowest BCUT2D eigenvalue weighted by Crippen LogP contribution is -2.48. The van der Waals surface area contributed by atoms with Gasteiger partial charge in [0.25, 0.3) is 0 Å². The van der Waals surface area contributed by atoms with Gasteiger partial charge >= 0.3 is 6.09 Å². The molecule has 156 valence electrons. The average Bonchev–Trinajstić information content (AvgIpc) is 2.63. The highest BCUT2D eigenvalue weighted by atomic mass is 79.9. The standard InChI is InChI=1S/C23H29BrN2O3/c1-23(2,3)29-22(27)25-19-8-7-13-26(16-19)15-17-11-12-18(24)14-21(17)28-20-9-5-4-6-10-20/h4-6,9-12,14,19H,7-8,13,15-16H2,1-3H3,(H,25,27)/t19-/m1/s1. The van der Waals surface area contributed by atoms with Crippen molar-refractivity contribution < 1.29 is 14.3 Å². The van der Waals surface area contributed by atoms with Crippen molar-refractivity contribution in [3.05, 3.63) is 58.6 Å². The lowest BCUT2D eigenvalue weighted by molar-refractivity contribution is 0.0470. The van der Waals surface area contributed by atoms with Gasteiger partial charge in [-0.1, -0.05) is 40.2 Å². The second-order valence-corrected chi connectivity index (χ2v) is 9.30. The van der Waals surface area contributed by atoms with Crippen LogP contribution in [0.15, 0.2) is 53.0 Å². The molecule has 0 bridgehead atoms. The summed E-state index contributed by atoms with van der Waals surface area (Å²) in [6.45, 7) is 8.18. The molecule has 0 unspecified atom stereocenters. The molecule has 0 spiro atoms. The van der Waals surface area contributed by atoms with Crippen molar-refractivity contribution in [2.45, 2.75) is 51.8 Å². The summed E-state index contributed by atoms with van der Waals surface area (Å²) in [6, 6.07) is 16.0. The lowest BCUT2D eigenvalue weighted by atomic mass is 10.0. The van der Waals surface area contributed by atoms with Crippen LogP contribution in [0.25, 0.3) is 0 Å². The molecule has 0 saturated carbocycles. The number of para-hydroxylation sites is 1. The number of benzene rings is 2. The van der Waals surface area contributed by atoms with Crippen LogP contribution in [0, 0.1) is 0 Å². The molecule has 1 heterocycles. The first-order valence-electron chi connectivity index (χ1n) is 10.0. The van der Waals surface area contributed by atoms with E-state index in [1.165, 1.54) is 0 Å². The van der Waals surface area contributed by atoms with Crippen LogP contribution in [0.3, 0.4) is 0 Å². The van der Waals surface area contributed by atoms with Crippen molar-refractivity contribution in [2.24, 2.45) is 0 Å². The number of carbonyl (C=O) groups excluding carboxylic acids is 1. The number of hydrogen-bond donors (Lipinski definition) is 1. The summed E-state index contributed by atoms with van der Waals surface area (Å²) in [5, 5.41) is 3.01. The quantitative estimate of drug-likeness (QED) is 0.618. The van der Waals surface area contributed by atoms with E-state index in [2.05, 4.69) is 32.2 Å². The van der Waals surface area contributed by atoms with Crippen LogP contribution in [0.1, 0.15) is 39.2 Å². The summed E-state index contributed by atoms with van der Waals surface area (Å²) < 4.78 is 12.5. The number of ether oxygens (including phenoxy) is 2. The first-order chi connectivity index (χ1) is 13.8. The van der Waals surface area contributed by atoms with E-state index in [1.807, 2.05) is 63.2 Å². The van der Waals surface area contributed by atoms with Gasteiger partial charge in [-0.15, -0.1) is 0 Å². The molecule has 1 N–H and O–H groups in total. The minimum Gasteiger partial charge on any atom is -0.457 e. The van der Waals surface area contributed by atoms with Crippen LogP contribution in [0.5, 0.6) is 11.5 Å². The fourth-order valence-corrected chi connectivity index (χ4v) is 3.74. The molecule has 2 aromatic rings. The number of rotatable bonds is 5. The maximum Gasteiger partial charge on any atom is 0.407 e. The molecule has 29 heavy (non-hydrogen) atoms. The van der Waals surface area contributed by atoms with Gasteiger partial charge in [0.2, 0.25) is 0 Å². The number of hydrogen-bond acceptors (Lipinski definition) is 4. The van der Waals surface area contributed by atoms with Crippen LogP contribution >= 0.6 is 15.9 Å². The maximum absolute atomic E-state index is 12.1. The predicted molar refractivity (Wildman–Crippen MR) is 118 cm³/mol. The molecule has 5 nitrogen and oxygen atoms in total. The number of nitrogens with zero attached hydrogens (tertiary/aromatic N) is 1. The number of carbonyl (C=O) groups is 1. The molecular formula is C23H29BrN2O3. The third-order valence-electron chi connectivity index (χ3n) is 4.62. The van der Waals surface area contributed by atoms with Gasteiger partial charge in [0.1, 0.15) is 17.1 Å². The number of alkyl carbamates (subject to hydrolysis) is 1. The summed E-state index contributed by atoms with van der Waals surface area (Å²) in [5.41, 5.74) is 0.634. The number of piperidine rings is 1. The number of halogens is 1. The Hall–Kier alpha value is -2.05. The van der Waals surface area contributed by atoms with E-state index in [4.69, 9.17) is 9.47 Å². The summed E-state index contributed by atoms with van der Waals surface area (Å²) >= 11 is 3.54. The Morgan fingerprint density at radius 1 is 1.21 bits per heavy atom. The zero-order valence-corrected chi connectivity index (χ0v) is 18.9. The smallest absolute Gasteiger partial charge is 0.407 e. The summed E-state index contributed by atoms with van der Waals surface area (Å²) in [6.07, 6.45) is 1.65. The Balaban J connectivity index is 1.64. The largest absolute Gasteiger partial charge is 0.457 e. The van der Waals surface area contributed by atoms with E-state index in [1.54, 1.807) is 0 Å². The van der Waals surface area contributed by atoms with Gasteiger partial charge in [-0.2, -0.15) is 0 Å². The summed E-state index contributed by atoms with van der Waals surface area (Å²) in [4.78, 5) is 14.5. The zero-order valence-electron chi connectivity index (χ0n) is 17.3. The van der Waals surface area contributed by atoms with E-state index in [0.29, 0.717) is 0 Å². The minimum atomic E-state index is -0.487. The third-order valence-corrected chi connectivity index (χ3v) is 5.11. The molecule has 1 saturated heterocycles. The minimum absolute atomic E-state index is 0.0903. The fourth-order valence-electron chi connectivity index (χ4n) is 3.40. The highest BCUT2D eigenvalue weighted by Gasteiger charge is 2.24. The molecule has 6 heteroatoms. The highest BCUT2D eigenvalue weighted by molar-refractivity contribution is 9.10. The third kappa shape index (κ3) is 7.05. The van der Waals surface area contributed by atoms with Crippen LogP contribution in [0.2, 0.25) is 0 Å². The SMILES string of the molecule is CC(C)(C)OC(=O)N[C@@H]1CCCN(Cc2ccc(Br)cc2Oc2ccccc2)C1. The topological polar surface area (TPSA) is 50.8 Å². The monoisotopic (exact) mass is 460 g/mol. The number of likely N-dealkylation sites (tertiary alicyclic amines) is 1. The predicted octanol–water partition coefficient (Wildman–Crippen LogP) is 5.73. The Labute approximate surface area is 181 Å². The Morgan fingerprint density at radius 2 is 1.97 bits per heavy atom. The van der Waals surface area contributed by atoms with Crippen LogP contribution < -0.4 is 10.1 Å². The summed E-state index contributed by atoms with van der Waals surface area (Å²) in [7, 11) is 0. The Bertz CT molecular complexity index is 821. The molecule has 1 amide bonds. The normalized spacial score (nSPS) is 17.6. The first-order valence-corrected chi connectivity index (χ1v) is 10.8. The van der Waals surface area contributed by atoms with Crippen molar-refractivity contribution in [3.63, 3.8) is 0 Å². The molecule has 1 aliphatic heterocycles. The van der Waals surface area contributed by atoms with Gasteiger partial charge in [0.05, 0.1) is 0 Å². The first kappa shape index (κ1) is 21.7. The van der Waals surface area contributed by atoms with Crippen molar-refractivity contribution in [3.8, 4) is 11.5 Å². The van der Waals surface area contributed by atoms with Gasteiger partial charge in [-0.3, -0.25) is 4.90 Å². The molecule has 0 radical (unpaired) electrons. The van der Waals surface area contributed by atoms with E-state index in [0.717, 1.165) is 54.0 Å². The van der Waals surface area contributed by atoms with Crippen molar-refractivity contribution >= 4 is 22.0 Å². The molecular weight excluding hydrogens is 432 g/mol. The molecule has 1 aliphatic rings. The molecule has 1 atom stereocenters. The van der Waals surface area contributed by atoms with Crippen LogP contribution in [-0.4, -0.2) is 35.7 Å². The highest BCUT2D eigenvalue weighted by Crippen LogP contribution is 2.30. The molecule has 2 aromatic carbocycles. The van der Waals surface area contributed by atoms with Gasteiger partial charge in [0, 0.05) is 29.2 Å². The van der Waals surface area contributed by atoms with Gasteiger partial charge in [0.15, 0.2) is 0 Å². The average molecular weight is 461 g/mol. The van der Waals surface area contributed by atoms with Crippen LogP contribution in [0.4, 0.5) is 4.79 Å². The maximum atomic E-state index is 12.1.